The van der Waals surface area contributed by atoms with Crippen molar-refractivity contribution in [3.8, 4) is 5.75 Å². The van der Waals surface area contributed by atoms with E-state index in [9.17, 15) is 9.90 Å². The normalized spacial score (nSPS) is 19.5. The van der Waals surface area contributed by atoms with Crippen molar-refractivity contribution < 1.29 is 19.4 Å². The molecule has 0 bridgehead atoms. The number of hydrogen-bond acceptors (Lipinski definition) is 4. The molecule has 128 valence electrons. The highest BCUT2D eigenvalue weighted by Gasteiger charge is 2.33. The first-order valence-electron chi connectivity index (χ1n) is 8.07. The largest absolute Gasteiger partial charge is 0.497 e. The molecule has 0 spiro atoms. The van der Waals surface area contributed by atoms with Gasteiger partial charge in [0.1, 0.15) is 11.4 Å². The van der Waals surface area contributed by atoms with E-state index in [1.165, 1.54) is 0 Å². The molecule has 1 N–H and O–H groups in total. The van der Waals surface area contributed by atoms with Gasteiger partial charge in [-0.3, -0.25) is 0 Å². The first kappa shape index (κ1) is 17.6. The molecule has 5 heteroatoms. The van der Waals surface area contributed by atoms with E-state index in [2.05, 4.69) is 0 Å². The fraction of sp³-hybridized carbons (Fsp3) is 0.611. The number of amides is 1. The quantitative estimate of drug-likeness (QED) is 0.926. The van der Waals surface area contributed by atoms with Gasteiger partial charge < -0.3 is 19.5 Å². The van der Waals surface area contributed by atoms with Gasteiger partial charge in [0, 0.05) is 19.0 Å². The highest BCUT2D eigenvalue weighted by Crippen LogP contribution is 2.25. The van der Waals surface area contributed by atoms with Gasteiger partial charge in [-0.2, -0.15) is 0 Å². The predicted octanol–water partition coefficient (Wildman–Crippen LogP) is 2.86. The molecular weight excluding hydrogens is 294 g/mol. The molecule has 1 fully saturated rings. The summed E-state index contributed by atoms with van der Waals surface area (Å²) in [6, 6.07) is 7.72. The molecule has 0 radical (unpaired) electrons. The maximum Gasteiger partial charge on any atom is 0.410 e. The molecule has 1 heterocycles. The molecule has 1 aliphatic heterocycles. The third kappa shape index (κ3) is 5.13. The van der Waals surface area contributed by atoms with E-state index in [1.54, 1.807) is 12.0 Å². The van der Waals surface area contributed by atoms with Crippen molar-refractivity contribution in [1.29, 1.82) is 0 Å². The fourth-order valence-electron chi connectivity index (χ4n) is 2.80. The zero-order chi connectivity index (χ0) is 17.0. The smallest absolute Gasteiger partial charge is 0.410 e. The van der Waals surface area contributed by atoms with E-state index < -0.39 is 11.7 Å². The van der Waals surface area contributed by atoms with E-state index in [4.69, 9.17) is 9.47 Å². The predicted molar refractivity (Wildman–Crippen MR) is 88.6 cm³/mol. The molecule has 0 aromatic heterocycles. The lowest BCUT2D eigenvalue weighted by Crippen LogP contribution is -2.36. The van der Waals surface area contributed by atoms with Crippen molar-refractivity contribution >= 4 is 6.09 Å². The van der Waals surface area contributed by atoms with Crippen molar-refractivity contribution in [1.82, 2.24) is 4.90 Å². The Bertz CT molecular complexity index is 538. The van der Waals surface area contributed by atoms with Crippen LogP contribution in [-0.4, -0.2) is 48.0 Å². The van der Waals surface area contributed by atoms with Gasteiger partial charge in [0.2, 0.25) is 0 Å². The van der Waals surface area contributed by atoms with Crippen LogP contribution in [0.4, 0.5) is 4.79 Å². The summed E-state index contributed by atoms with van der Waals surface area (Å²) < 4.78 is 10.6. The van der Waals surface area contributed by atoms with E-state index in [0.29, 0.717) is 19.5 Å². The molecule has 23 heavy (non-hydrogen) atoms. The van der Waals surface area contributed by atoms with Gasteiger partial charge in [-0.15, -0.1) is 0 Å². The van der Waals surface area contributed by atoms with E-state index in [1.807, 2.05) is 45.0 Å². The molecule has 2 rings (SSSR count). The number of hydrogen-bond donors (Lipinski definition) is 1. The van der Waals surface area contributed by atoms with Crippen LogP contribution in [0, 0.1) is 5.92 Å². The average Bonchev–Trinajstić information content (AvgIpc) is 2.95. The fourth-order valence-corrected chi connectivity index (χ4v) is 2.80. The van der Waals surface area contributed by atoms with Crippen LogP contribution in [0.3, 0.4) is 0 Å². The minimum absolute atomic E-state index is 0.0775. The summed E-state index contributed by atoms with van der Waals surface area (Å²) in [6.45, 7) is 6.75. The number of methoxy groups -OCH3 is 1. The number of likely N-dealkylation sites (tertiary alicyclic amines) is 1. The average molecular weight is 321 g/mol. The van der Waals surface area contributed by atoms with Gasteiger partial charge in [0.25, 0.3) is 0 Å². The third-order valence-electron chi connectivity index (χ3n) is 4.00. The second-order valence-corrected chi connectivity index (χ2v) is 7.10. The Morgan fingerprint density at radius 2 is 2.17 bits per heavy atom. The van der Waals surface area contributed by atoms with Gasteiger partial charge in [-0.25, -0.2) is 4.79 Å². The Morgan fingerprint density at radius 3 is 2.83 bits per heavy atom. The van der Waals surface area contributed by atoms with E-state index in [-0.39, 0.29) is 12.0 Å². The van der Waals surface area contributed by atoms with Crippen LogP contribution in [0.2, 0.25) is 0 Å². The zero-order valence-corrected chi connectivity index (χ0v) is 14.4. The number of aliphatic hydroxyl groups excluding tert-OH is 1. The zero-order valence-electron chi connectivity index (χ0n) is 14.4. The number of carbonyl (C=O) groups is 1. The van der Waals surface area contributed by atoms with Crippen molar-refractivity contribution in [2.75, 3.05) is 20.2 Å². The SMILES string of the molecule is COc1cccc(CC(O)C2CCN(C(=O)OC(C)(C)C)C2)c1. The van der Waals surface area contributed by atoms with Crippen LogP contribution < -0.4 is 4.74 Å². The Balaban J connectivity index is 1.89. The maximum atomic E-state index is 12.1. The van der Waals surface area contributed by atoms with Crippen LogP contribution in [0.25, 0.3) is 0 Å². The standard InChI is InChI=1S/C18H27NO4/c1-18(2,3)23-17(21)19-9-8-14(12-19)16(20)11-13-6-5-7-15(10-13)22-4/h5-7,10,14,16,20H,8-9,11-12H2,1-4H3. The summed E-state index contributed by atoms with van der Waals surface area (Å²) in [7, 11) is 1.63. The summed E-state index contributed by atoms with van der Waals surface area (Å²) in [5, 5.41) is 10.5. The lowest BCUT2D eigenvalue weighted by atomic mass is 9.95. The lowest BCUT2D eigenvalue weighted by Gasteiger charge is -2.25. The Morgan fingerprint density at radius 1 is 1.43 bits per heavy atom. The van der Waals surface area contributed by atoms with Gasteiger partial charge in [0.15, 0.2) is 0 Å². The first-order valence-corrected chi connectivity index (χ1v) is 8.07. The number of aliphatic hydroxyl groups is 1. The maximum absolute atomic E-state index is 12.1. The molecule has 0 saturated carbocycles. The number of rotatable bonds is 4. The van der Waals surface area contributed by atoms with Gasteiger partial charge in [-0.05, 0) is 51.3 Å². The van der Waals surface area contributed by atoms with Crippen molar-refractivity contribution in [3.63, 3.8) is 0 Å². The highest BCUT2D eigenvalue weighted by atomic mass is 16.6. The van der Waals surface area contributed by atoms with Gasteiger partial charge >= 0.3 is 6.09 Å². The van der Waals surface area contributed by atoms with Crippen molar-refractivity contribution in [2.45, 2.75) is 45.3 Å². The second kappa shape index (κ2) is 7.21. The van der Waals surface area contributed by atoms with Crippen LogP contribution in [0.5, 0.6) is 5.75 Å². The lowest BCUT2D eigenvalue weighted by molar-refractivity contribution is 0.0269. The van der Waals surface area contributed by atoms with Gasteiger partial charge in [0.05, 0.1) is 13.2 Å². The number of carbonyl (C=O) groups excluding carboxylic acids is 1. The molecule has 2 atom stereocenters. The molecule has 1 aromatic rings. The van der Waals surface area contributed by atoms with Crippen molar-refractivity contribution in [3.05, 3.63) is 29.8 Å². The second-order valence-electron chi connectivity index (χ2n) is 7.10. The summed E-state index contributed by atoms with van der Waals surface area (Å²) in [5.41, 5.74) is 0.543. The molecule has 1 amide bonds. The van der Waals surface area contributed by atoms with Crippen molar-refractivity contribution in [2.24, 2.45) is 5.92 Å². The van der Waals surface area contributed by atoms with Gasteiger partial charge in [-0.1, -0.05) is 12.1 Å². The Kier molecular flexibility index (Phi) is 5.52. The monoisotopic (exact) mass is 321 g/mol. The third-order valence-corrected chi connectivity index (χ3v) is 4.00. The highest BCUT2D eigenvalue weighted by molar-refractivity contribution is 5.68. The Hall–Kier alpha value is -1.75. The molecule has 1 aliphatic rings. The van der Waals surface area contributed by atoms with Crippen LogP contribution in [0.15, 0.2) is 24.3 Å². The molecule has 5 nitrogen and oxygen atoms in total. The number of ether oxygens (including phenoxy) is 2. The van der Waals surface area contributed by atoms with Crippen LogP contribution in [0.1, 0.15) is 32.8 Å². The first-order chi connectivity index (χ1) is 10.8. The minimum atomic E-state index is -0.492. The van der Waals surface area contributed by atoms with E-state index >= 15 is 0 Å². The molecule has 2 unspecified atom stereocenters. The summed E-state index contributed by atoms with van der Waals surface area (Å²) >= 11 is 0. The summed E-state index contributed by atoms with van der Waals surface area (Å²) in [6.07, 6.45) is 0.581. The number of benzene rings is 1. The van der Waals surface area contributed by atoms with E-state index in [0.717, 1.165) is 17.7 Å². The number of nitrogens with zero attached hydrogens (tertiary/aromatic N) is 1. The summed E-state index contributed by atoms with van der Waals surface area (Å²) in [5.74, 6) is 0.866. The topological polar surface area (TPSA) is 59.0 Å². The minimum Gasteiger partial charge on any atom is -0.497 e. The molecular formula is C18H27NO4. The molecule has 1 saturated heterocycles. The summed E-state index contributed by atoms with van der Waals surface area (Å²) in [4.78, 5) is 13.8. The molecule has 1 aromatic carbocycles. The van der Waals surface area contributed by atoms with Crippen LogP contribution in [-0.2, 0) is 11.2 Å². The van der Waals surface area contributed by atoms with Crippen LogP contribution >= 0.6 is 0 Å². The Labute approximate surface area is 138 Å². The molecule has 0 aliphatic carbocycles.